The minimum Gasteiger partial charge on any atom is -0.480 e. The molecule has 0 saturated carbocycles. The van der Waals surface area contributed by atoms with Crippen molar-refractivity contribution in [3.05, 3.63) is 0 Å². The van der Waals surface area contributed by atoms with Crippen molar-refractivity contribution >= 4 is 11.9 Å². The smallest absolute Gasteiger partial charge is 0.323 e. The molecule has 0 aromatic rings. The van der Waals surface area contributed by atoms with Crippen LogP contribution in [0.4, 0.5) is 0 Å². The minimum atomic E-state index is -1.06. The van der Waals surface area contributed by atoms with Crippen LogP contribution < -0.4 is 5.32 Å². The number of rotatable bonds is 8. The van der Waals surface area contributed by atoms with Gasteiger partial charge in [-0.3, -0.25) is 9.59 Å². The van der Waals surface area contributed by atoms with Crippen molar-refractivity contribution in [1.29, 1.82) is 0 Å². The number of aliphatic carboxylic acids is 1. The normalized spacial score (nSPS) is 9.24. The van der Waals surface area contributed by atoms with Crippen LogP contribution in [-0.2, 0) is 9.59 Å². The van der Waals surface area contributed by atoms with Crippen LogP contribution in [0.15, 0.2) is 0 Å². The Kier molecular flexibility index (Phi) is 10.0. The zero-order valence-corrected chi connectivity index (χ0v) is 10.4. The van der Waals surface area contributed by atoms with E-state index in [2.05, 4.69) is 24.1 Å². The minimum absolute atomic E-state index is 0.371. The Hall–Kier alpha value is -1.50. The molecule has 0 saturated heterocycles. The third-order valence-electron chi connectivity index (χ3n) is 2.26. The maximum absolute atomic E-state index is 11.0. The molecule has 0 rings (SSSR count). The molecule has 0 bridgehead atoms. The van der Waals surface area contributed by atoms with Crippen LogP contribution in [0.25, 0.3) is 0 Å². The molecule has 0 aromatic heterocycles. The Morgan fingerprint density at radius 3 is 2.41 bits per heavy atom. The second kappa shape index (κ2) is 11.0. The fraction of sp³-hybridized carbons (Fsp3) is 0.692. The summed E-state index contributed by atoms with van der Waals surface area (Å²) >= 11 is 0. The van der Waals surface area contributed by atoms with Gasteiger partial charge in [0.25, 0.3) is 5.91 Å². The maximum atomic E-state index is 11.0. The zero-order valence-electron chi connectivity index (χ0n) is 10.4. The van der Waals surface area contributed by atoms with E-state index in [1.807, 2.05) is 0 Å². The number of carbonyl (C=O) groups excluding carboxylic acids is 1. The van der Waals surface area contributed by atoms with E-state index < -0.39 is 11.9 Å². The number of carboxylic acid groups (broad SMARTS) is 1. The summed E-state index contributed by atoms with van der Waals surface area (Å²) in [5.41, 5.74) is 0. The van der Waals surface area contributed by atoms with E-state index in [1.54, 1.807) is 0 Å². The number of hydrogen-bond donors (Lipinski definition) is 2. The fourth-order valence-electron chi connectivity index (χ4n) is 1.34. The summed E-state index contributed by atoms with van der Waals surface area (Å²) in [6.45, 7) is 1.81. The van der Waals surface area contributed by atoms with E-state index in [0.29, 0.717) is 6.42 Å². The number of carbonyl (C=O) groups is 2. The van der Waals surface area contributed by atoms with Crippen molar-refractivity contribution in [2.75, 3.05) is 6.54 Å². The van der Waals surface area contributed by atoms with Gasteiger partial charge in [-0.25, -0.2) is 0 Å². The molecular weight excluding hydrogens is 218 g/mol. The lowest BCUT2D eigenvalue weighted by Crippen LogP contribution is -2.27. The summed E-state index contributed by atoms with van der Waals surface area (Å²) in [7, 11) is 0. The van der Waals surface area contributed by atoms with Gasteiger partial charge in [0.15, 0.2) is 0 Å². The Balaban J connectivity index is 3.41. The molecule has 4 nitrogen and oxygen atoms in total. The first-order chi connectivity index (χ1) is 8.16. The molecule has 0 radical (unpaired) electrons. The number of nitrogens with one attached hydrogen (secondary N) is 1. The highest BCUT2D eigenvalue weighted by atomic mass is 16.4. The molecule has 2 N–H and O–H groups in total. The molecule has 0 atom stereocenters. The Morgan fingerprint density at radius 1 is 1.12 bits per heavy atom. The molecule has 0 spiro atoms. The van der Waals surface area contributed by atoms with Gasteiger partial charge in [0.2, 0.25) is 0 Å². The highest BCUT2D eigenvalue weighted by molar-refractivity contribution is 5.95. The molecule has 0 fully saturated rings. The molecule has 0 aliphatic rings. The number of carboxylic acids is 1. The van der Waals surface area contributed by atoms with Crippen molar-refractivity contribution in [2.24, 2.45) is 0 Å². The van der Waals surface area contributed by atoms with Crippen molar-refractivity contribution in [3.63, 3.8) is 0 Å². The second-order valence-corrected chi connectivity index (χ2v) is 3.90. The molecule has 4 heteroatoms. The predicted octanol–water partition coefficient (Wildman–Crippen LogP) is 1.94. The summed E-state index contributed by atoms with van der Waals surface area (Å²) in [4.78, 5) is 21.1. The van der Waals surface area contributed by atoms with Crippen molar-refractivity contribution < 1.29 is 14.7 Å². The summed E-state index contributed by atoms with van der Waals surface area (Å²) in [5.74, 6) is 3.55. The van der Waals surface area contributed by atoms with Gasteiger partial charge in [-0.05, 0) is 12.3 Å². The van der Waals surface area contributed by atoms with Gasteiger partial charge < -0.3 is 10.4 Å². The van der Waals surface area contributed by atoms with E-state index in [9.17, 15) is 9.59 Å². The van der Waals surface area contributed by atoms with Crippen molar-refractivity contribution in [3.8, 4) is 11.8 Å². The average molecular weight is 239 g/mol. The number of amides is 1. The van der Waals surface area contributed by atoms with E-state index in [1.165, 1.54) is 25.7 Å². The second-order valence-electron chi connectivity index (χ2n) is 3.90. The highest BCUT2D eigenvalue weighted by Crippen LogP contribution is 2.05. The van der Waals surface area contributed by atoms with Crippen LogP contribution in [-0.4, -0.2) is 23.5 Å². The molecule has 0 heterocycles. The molecule has 0 aliphatic heterocycles. The zero-order chi connectivity index (χ0) is 12.9. The van der Waals surface area contributed by atoms with Crippen LogP contribution in [0.5, 0.6) is 0 Å². The van der Waals surface area contributed by atoms with Gasteiger partial charge in [0.1, 0.15) is 6.54 Å². The predicted molar refractivity (Wildman–Crippen MR) is 66.4 cm³/mol. The largest absolute Gasteiger partial charge is 0.480 e. The SMILES string of the molecule is CCCCCCCCC#CC(=O)NCC(=O)O. The van der Waals surface area contributed by atoms with Gasteiger partial charge in [0.05, 0.1) is 0 Å². The Bertz CT molecular complexity index is 289. The van der Waals surface area contributed by atoms with Gasteiger partial charge in [0, 0.05) is 6.42 Å². The van der Waals surface area contributed by atoms with Gasteiger partial charge in [-0.15, -0.1) is 0 Å². The van der Waals surface area contributed by atoms with Crippen molar-refractivity contribution in [2.45, 2.75) is 51.9 Å². The molecule has 0 aromatic carbocycles. The molecular formula is C13H21NO3. The van der Waals surface area contributed by atoms with Crippen LogP contribution in [0, 0.1) is 11.8 Å². The van der Waals surface area contributed by atoms with E-state index in [0.717, 1.165) is 12.8 Å². The van der Waals surface area contributed by atoms with E-state index in [4.69, 9.17) is 5.11 Å². The summed E-state index contributed by atoms with van der Waals surface area (Å²) in [5, 5.41) is 10.5. The Labute approximate surface area is 103 Å². The van der Waals surface area contributed by atoms with Crippen LogP contribution in [0.3, 0.4) is 0 Å². The third-order valence-corrected chi connectivity index (χ3v) is 2.26. The quantitative estimate of drug-likeness (QED) is 0.502. The lowest BCUT2D eigenvalue weighted by atomic mass is 10.1. The fourth-order valence-corrected chi connectivity index (χ4v) is 1.34. The lowest BCUT2D eigenvalue weighted by Gasteiger charge is -1.96. The summed E-state index contributed by atoms with van der Waals surface area (Å²) in [6, 6.07) is 0. The van der Waals surface area contributed by atoms with Gasteiger partial charge in [-0.2, -0.15) is 0 Å². The van der Waals surface area contributed by atoms with Crippen molar-refractivity contribution in [1.82, 2.24) is 5.32 Å². The molecule has 96 valence electrons. The lowest BCUT2D eigenvalue weighted by molar-refractivity contribution is -0.137. The third kappa shape index (κ3) is 12.4. The maximum Gasteiger partial charge on any atom is 0.323 e. The first-order valence-corrected chi connectivity index (χ1v) is 6.15. The van der Waals surface area contributed by atoms with Crippen LogP contribution >= 0.6 is 0 Å². The summed E-state index contributed by atoms with van der Waals surface area (Å²) < 4.78 is 0. The molecule has 1 amide bonds. The topological polar surface area (TPSA) is 66.4 Å². The standard InChI is InChI=1S/C13H21NO3/c1-2-3-4-5-6-7-8-9-10-12(15)14-11-13(16)17/h2-8,11H2,1H3,(H,14,15)(H,16,17). The number of hydrogen-bond acceptors (Lipinski definition) is 2. The first-order valence-electron chi connectivity index (χ1n) is 6.15. The van der Waals surface area contributed by atoms with Gasteiger partial charge >= 0.3 is 5.97 Å². The first kappa shape index (κ1) is 15.5. The van der Waals surface area contributed by atoms with Gasteiger partial charge in [-0.1, -0.05) is 44.9 Å². The summed E-state index contributed by atoms with van der Waals surface area (Å²) in [6.07, 6.45) is 7.86. The highest BCUT2D eigenvalue weighted by Gasteiger charge is 1.98. The van der Waals surface area contributed by atoms with Crippen LogP contribution in [0.1, 0.15) is 51.9 Å². The molecule has 17 heavy (non-hydrogen) atoms. The monoisotopic (exact) mass is 239 g/mol. The molecule has 0 aliphatic carbocycles. The number of unbranched alkanes of at least 4 members (excludes halogenated alkanes) is 6. The molecule has 0 unspecified atom stereocenters. The Morgan fingerprint density at radius 2 is 1.76 bits per heavy atom. The van der Waals surface area contributed by atoms with Crippen LogP contribution in [0.2, 0.25) is 0 Å². The van der Waals surface area contributed by atoms with E-state index in [-0.39, 0.29) is 6.54 Å². The average Bonchev–Trinajstić information content (AvgIpc) is 2.30. The van der Waals surface area contributed by atoms with E-state index >= 15 is 0 Å².